The van der Waals surface area contributed by atoms with Crippen molar-refractivity contribution in [1.82, 2.24) is 24.7 Å². The highest BCUT2D eigenvalue weighted by molar-refractivity contribution is 7.71. The van der Waals surface area contributed by atoms with E-state index in [1.165, 1.54) is 11.1 Å². The molecule has 24 heavy (non-hydrogen) atoms. The zero-order valence-corrected chi connectivity index (χ0v) is 14.5. The fourth-order valence-electron chi connectivity index (χ4n) is 2.83. The number of aryl methyl sites for hydroxylation is 2. The highest BCUT2D eigenvalue weighted by atomic mass is 32.1. The van der Waals surface area contributed by atoms with Gasteiger partial charge in [-0.05, 0) is 56.6 Å². The number of hydrogen-bond donors (Lipinski definition) is 1. The van der Waals surface area contributed by atoms with Crippen molar-refractivity contribution in [2.45, 2.75) is 33.1 Å². The largest absolute Gasteiger partial charge is 0.460 e. The second kappa shape index (κ2) is 5.55. The van der Waals surface area contributed by atoms with Crippen LogP contribution in [-0.2, 0) is 0 Å². The lowest BCUT2D eigenvalue weighted by molar-refractivity contribution is 0.500. The molecule has 1 saturated carbocycles. The summed E-state index contributed by atoms with van der Waals surface area (Å²) in [5.74, 6) is 3.50. The third kappa shape index (κ3) is 2.62. The van der Waals surface area contributed by atoms with E-state index in [1.807, 2.05) is 32.0 Å². The molecule has 0 aliphatic heterocycles. The minimum Gasteiger partial charge on any atom is -0.460 e. The molecule has 124 valence electrons. The van der Waals surface area contributed by atoms with Crippen LogP contribution in [0.4, 0.5) is 0 Å². The summed E-state index contributed by atoms with van der Waals surface area (Å²) in [7, 11) is 0. The van der Waals surface area contributed by atoms with Gasteiger partial charge < -0.3 is 4.42 Å². The normalized spacial score (nSPS) is 20.1. The second-order valence-electron chi connectivity index (χ2n) is 6.28. The lowest BCUT2D eigenvalue weighted by atomic mass is 10.3. The molecule has 3 aromatic rings. The van der Waals surface area contributed by atoms with Crippen molar-refractivity contribution in [3.8, 4) is 5.95 Å². The molecule has 0 aromatic carbocycles. The van der Waals surface area contributed by atoms with Gasteiger partial charge in [-0.15, -0.1) is 5.10 Å². The van der Waals surface area contributed by atoms with Gasteiger partial charge in [-0.3, -0.25) is 0 Å². The SMILES string of the molecule is Cc1cc(C)n(-c2n[nH]c(=S)n2/N=C\c2ccc([C@H]3C[C@@H]3C)o2)n1. The van der Waals surface area contributed by atoms with Gasteiger partial charge in [0.05, 0.1) is 11.9 Å². The van der Waals surface area contributed by atoms with Crippen LogP contribution in [0.25, 0.3) is 5.95 Å². The lowest BCUT2D eigenvalue weighted by Gasteiger charge is -2.02. The van der Waals surface area contributed by atoms with Crippen molar-refractivity contribution < 1.29 is 4.42 Å². The van der Waals surface area contributed by atoms with Crippen molar-refractivity contribution in [2.75, 3.05) is 0 Å². The van der Waals surface area contributed by atoms with Crippen LogP contribution in [0.5, 0.6) is 0 Å². The van der Waals surface area contributed by atoms with Crippen LogP contribution in [0.15, 0.2) is 27.7 Å². The molecule has 1 aliphatic carbocycles. The summed E-state index contributed by atoms with van der Waals surface area (Å²) in [6, 6.07) is 5.92. The van der Waals surface area contributed by atoms with Crippen molar-refractivity contribution >= 4 is 18.4 Å². The van der Waals surface area contributed by atoms with Gasteiger partial charge in [0.15, 0.2) is 0 Å². The topological polar surface area (TPSA) is 76.9 Å². The molecule has 3 aromatic heterocycles. The summed E-state index contributed by atoms with van der Waals surface area (Å²) >= 11 is 5.27. The zero-order chi connectivity index (χ0) is 16.8. The van der Waals surface area contributed by atoms with Gasteiger partial charge in [0.25, 0.3) is 5.95 Å². The van der Waals surface area contributed by atoms with E-state index in [0.717, 1.165) is 17.1 Å². The van der Waals surface area contributed by atoms with Gasteiger partial charge in [-0.25, -0.2) is 9.78 Å². The van der Waals surface area contributed by atoms with Crippen LogP contribution in [0.1, 0.15) is 42.2 Å². The van der Waals surface area contributed by atoms with E-state index >= 15 is 0 Å². The number of hydrogen-bond acceptors (Lipinski definition) is 5. The summed E-state index contributed by atoms with van der Waals surface area (Å²) < 4.78 is 9.48. The van der Waals surface area contributed by atoms with Gasteiger partial charge in [0.2, 0.25) is 4.77 Å². The summed E-state index contributed by atoms with van der Waals surface area (Å²) in [6.07, 6.45) is 2.84. The first-order valence-corrected chi connectivity index (χ1v) is 8.29. The van der Waals surface area contributed by atoms with E-state index in [-0.39, 0.29) is 0 Å². The molecule has 2 atom stereocenters. The van der Waals surface area contributed by atoms with Crippen LogP contribution in [-0.4, -0.2) is 30.9 Å². The molecule has 1 N–H and O–H groups in total. The Bertz CT molecular complexity index is 975. The fourth-order valence-corrected chi connectivity index (χ4v) is 3.00. The Hall–Kier alpha value is -2.48. The Morgan fingerprint density at radius 1 is 1.42 bits per heavy atom. The predicted octanol–water partition coefficient (Wildman–Crippen LogP) is 3.34. The minimum absolute atomic E-state index is 0.399. The quantitative estimate of drug-likeness (QED) is 0.583. The smallest absolute Gasteiger partial charge is 0.271 e. The van der Waals surface area contributed by atoms with E-state index in [9.17, 15) is 0 Å². The molecule has 4 rings (SSSR count). The first kappa shape index (κ1) is 15.1. The average Bonchev–Trinajstić information content (AvgIpc) is 2.90. The molecule has 0 amide bonds. The minimum atomic E-state index is 0.399. The number of aromatic nitrogens is 5. The molecule has 3 heterocycles. The van der Waals surface area contributed by atoms with Crippen LogP contribution >= 0.6 is 12.2 Å². The van der Waals surface area contributed by atoms with Crippen LogP contribution in [0.2, 0.25) is 0 Å². The molecule has 0 saturated heterocycles. The zero-order valence-electron chi connectivity index (χ0n) is 13.7. The highest BCUT2D eigenvalue weighted by Crippen LogP contribution is 2.47. The maximum Gasteiger partial charge on any atom is 0.271 e. The highest BCUT2D eigenvalue weighted by Gasteiger charge is 2.36. The van der Waals surface area contributed by atoms with E-state index < -0.39 is 0 Å². The maximum atomic E-state index is 5.84. The summed E-state index contributed by atoms with van der Waals surface area (Å²) in [4.78, 5) is 0. The van der Waals surface area contributed by atoms with E-state index in [4.69, 9.17) is 16.6 Å². The molecule has 0 spiro atoms. The maximum absolute atomic E-state index is 5.84. The Kier molecular flexibility index (Phi) is 3.49. The number of nitrogens with one attached hydrogen (secondary N) is 1. The monoisotopic (exact) mass is 342 g/mol. The Morgan fingerprint density at radius 3 is 2.88 bits per heavy atom. The van der Waals surface area contributed by atoms with Crippen molar-refractivity contribution in [1.29, 1.82) is 0 Å². The number of rotatable bonds is 4. The number of furan rings is 1. The Balaban J connectivity index is 1.65. The first-order chi connectivity index (χ1) is 11.5. The molecule has 8 heteroatoms. The lowest BCUT2D eigenvalue weighted by Crippen LogP contribution is -2.07. The molecule has 0 unspecified atom stereocenters. The standard InChI is InChI=1S/C16H18N6OS/c1-9-6-13(9)14-5-4-12(23-14)8-17-22-15(18-19-16(22)24)21-11(3)7-10(2)20-21/h4-5,7-9,13H,6H2,1-3H3,(H,19,24)/b17-8-/t9-,13-/m0/s1. The molecular weight excluding hydrogens is 324 g/mol. The Morgan fingerprint density at radius 2 is 2.21 bits per heavy atom. The Labute approximate surface area is 144 Å². The number of H-pyrrole nitrogens is 1. The first-order valence-electron chi connectivity index (χ1n) is 7.88. The van der Waals surface area contributed by atoms with Gasteiger partial charge in [-0.1, -0.05) is 6.92 Å². The van der Waals surface area contributed by atoms with Gasteiger partial charge >= 0.3 is 0 Å². The van der Waals surface area contributed by atoms with Crippen LogP contribution in [0.3, 0.4) is 0 Å². The van der Waals surface area contributed by atoms with Crippen LogP contribution in [0, 0.1) is 24.5 Å². The third-order valence-corrected chi connectivity index (χ3v) is 4.52. The van der Waals surface area contributed by atoms with Gasteiger partial charge in [-0.2, -0.15) is 14.9 Å². The summed E-state index contributed by atoms with van der Waals surface area (Å²) in [5.41, 5.74) is 1.87. The van der Waals surface area contributed by atoms with Crippen molar-refractivity contribution in [3.63, 3.8) is 0 Å². The molecule has 7 nitrogen and oxygen atoms in total. The molecule has 1 aliphatic rings. The summed E-state index contributed by atoms with van der Waals surface area (Å²) in [6.45, 7) is 6.12. The van der Waals surface area contributed by atoms with E-state index in [2.05, 4.69) is 27.3 Å². The molecule has 0 bridgehead atoms. The number of aromatic amines is 1. The molecule has 1 fully saturated rings. The second-order valence-corrected chi connectivity index (χ2v) is 6.67. The molecule has 0 radical (unpaired) electrons. The van der Waals surface area contributed by atoms with E-state index in [1.54, 1.807) is 10.9 Å². The number of nitrogens with zero attached hydrogens (tertiary/aromatic N) is 5. The van der Waals surface area contributed by atoms with Crippen molar-refractivity contribution in [2.24, 2.45) is 11.0 Å². The van der Waals surface area contributed by atoms with E-state index in [0.29, 0.717) is 28.3 Å². The van der Waals surface area contributed by atoms with Gasteiger partial charge in [0.1, 0.15) is 11.5 Å². The fraction of sp³-hybridized carbons (Fsp3) is 0.375. The summed E-state index contributed by atoms with van der Waals surface area (Å²) in [5, 5.41) is 15.8. The average molecular weight is 342 g/mol. The molecular formula is C16H18N6OS. The van der Waals surface area contributed by atoms with Crippen molar-refractivity contribution in [3.05, 3.63) is 45.9 Å². The third-order valence-electron chi connectivity index (χ3n) is 4.26. The predicted molar refractivity (Wildman–Crippen MR) is 92.2 cm³/mol. The van der Waals surface area contributed by atoms with Gasteiger partial charge in [0, 0.05) is 11.6 Å². The van der Waals surface area contributed by atoms with Crippen LogP contribution < -0.4 is 0 Å².